The largest absolute Gasteiger partial charge is 0.409 e. The van der Waals surface area contributed by atoms with Gasteiger partial charge in [0.25, 0.3) is 0 Å². The summed E-state index contributed by atoms with van der Waals surface area (Å²) in [6.07, 6.45) is 2.90. The van der Waals surface area contributed by atoms with Gasteiger partial charge < -0.3 is 15.8 Å². The van der Waals surface area contributed by atoms with Crippen molar-refractivity contribution in [1.82, 2.24) is 4.90 Å². The van der Waals surface area contributed by atoms with Crippen molar-refractivity contribution in [2.45, 2.75) is 26.2 Å². The summed E-state index contributed by atoms with van der Waals surface area (Å²) in [4.78, 5) is 14.1. The van der Waals surface area contributed by atoms with Crippen LogP contribution in [0.25, 0.3) is 0 Å². The number of benzene rings is 1. The van der Waals surface area contributed by atoms with Crippen LogP contribution in [0.4, 0.5) is 0 Å². The molecule has 5 nitrogen and oxygen atoms in total. The molecule has 1 aromatic rings. The number of nitrogens with two attached hydrogens (primary N) is 1. The monoisotopic (exact) mass is 275 g/mol. The smallest absolute Gasteiger partial charge is 0.226 e. The van der Waals surface area contributed by atoms with Gasteiger partial charge in [-0.3, -0.25) is 4.79 Å². The van der Waals surface area contributed by atoms with E-state index in [0.717, 1.165) is 18.7 Å². The summed E-state index contributed by atoms with van der Waals surface area (Å²) in [6, 6.07) is 7.20. The molecule has 1 aromatic carbocycles. The van der Waals surface area contributed by atoms with Gasteiger partial charge in [-0.25, -0.2) is 0 Å². The molecule has 1 amide bonds. The van der Waals surface area contributed by atoms with Gasteiger partial charge in [0.05, 0.1) is 6.42 Å². The van der Waals surface area contributed by atoms with Crippen LogP contribution in [0.1, 0.15) is 30.9 Å². The Bertz CT molecular complexity index is 492. The average molecular weight is 275 g/mol. The highest BCUT2D eigenvalue weighted by Gasteiger charge is 2.25. The molecular formula is C15H21N3O2. The zero-order valence-electron chi connectivity index (χ0n) is 11.7. The molecule has 1 aliphatic carbocycles. The second-order valence-electron chi connectivity index (χ2n) is 5.23. The van der Waals surface area contributed by atoms with E-state index in [-0.39, 0.29) is 11.7 Å². The Labute approximate surface area is 119 Å². The van der Waals surface area contributed by atoms with E-state index in [9.17, 15) is 4.79 Å². The van der Waals surface area contributed by atoms with E-state index < -0.39 is 0 Å². The minimum atomic E-state index is 0.0757. The minimum Gasteiger partial charge on any atom is -0.409 e. The normalized spacial score (nSPS) is 15.2. The van der Waals surface area contributed by atoms with Gasteiger partial charge in [-0.1, -0.05) is 29.4 Å². The molecule has 1 aliphatic rings. The SMILES string of the molecule is CCN(CC1CC1)C(=O)Cc1ccc(C(N)=NO)cc1. The molecule has 0 unspecified atom stereocenters. The Hall–Kier alpha value is -2.04. The summed E-state index contributed by atoms with van der Waals surface area (Å²) >= 11 is 0. The third kappa shape index (κ3) is 3.73. The third-order valence-electron chi connectivity index (χ3n) is 3.62. The van der Waals surface area contributed by atoms with Gasteiger partial charge >= 0.3 is 0 Å². The first-order valence-electron chi connectivity index (χ1n) is 6.98. The molecule has 0 heterocycles. The number of amidine groups is 1. The van der Waals surface area contributed by atoms with Crippen molar-refractivity contribution in [3.63, 3.8) is 0 Å². The Morgan fingerprint density at radius 1 is 1.40 bits per heavy atom. The molecule has 1 fully saturated rings. The van der Waals surface area contributed by atoms with Gasteiger partial charge in [-0.2, -0.15) is 0 Å². The van der Waals surface area contributed by atoms with E-state index in [1.165, 1.54) is 12.8 Å². The molecule has 0 saturated heterocycles. The van der Waals surface area contributed by atoms with Gasteiger partial charge in [0.2, 0.25) is 5.91 Å². The van der Waals surface area contributed by atoms with E-state index in [4.69, 9.17) is 10.9 Å². The maximum absolute atomic E-state index is 12.2. The number of likely N-dealkylation sites (N-methyl/N-ethyl adjacent to an activating group) is 1. The lowest BCUT2D eigenvalue weighted by atomic mass is 10.1. The summed E-state index contributed by atoms with van der Waals surface area (Å²) in [7, 11) is 0. The van der Waals surface area contributed by atoms with E-state index in [1.807, 2.05) is 24.0 Å². The van der Waals surface area contributed by atoms with E-state index in [1.54, 1.807) is 12.1 Å². The predicted molar refractivity (Wildman–Crippen MR) is 77.6 cm³/mol. The molecule has 1 saturated carbocycles. The Kier molecular flexibility index (Phi) is 4.61. The number of hydrogen-bond donors (Lipinski definition) is 2. The van der Waals surface area contributed by atoms with Gasteiger partial charge in [0.1, 0.15) is 0 Å². The fourth-order valence-corrected chi connectivity index (χ4v) is 2.16. The molecule has 0 atom stereocenters. The average Bonchev–Trinajstić information content (AvgIpc) is 3.28. The topological polar surface area (TPSA) is 78.9 Å². The first-order valence-corrected chi connectivity index (χ1v) is 6.98. The van der Waals surface area contributed by atoms with Crippen LogP contribution >= 0.6 is 0 Å². The molecule has 108 valence electrons. The molecule has 0 aromatic heterocycles. The second kappa shape index (κ2) is 6.41. The van der Waals surface area contributed by atoms with Crippen LogP contribution in [0.5, 0.6) is 0 Å². The van der Waals surface area contributed by atoms with Crippen LogP contribution in [-0.2, 0) is 11.2 Å². The van der Waals surface area contributed by atoms with Crippen LogP contribution in [0, 0.1) is 5.92 Å². The zero-order chi connectivity index (χ0) is 14.5. The molecule has 2 rings (SSSR count). The standard InChI is InChI=1S/C15H21N3O2/c1-2-18(10-12-3-4-12)14(19)9-11-5-7-13(8-6-11)15(16)17-20/h5-8,12,20H,2-4,9-10H2,1H3,(H2,16,17). The summed E-state index contributed by atoms with van der Waals surface area (Å²) in [6.45, 7) is 3.66. The van der Waals surface area contributed by atoms with Crippen LogP contribution in [0.15, 0.2) is 29.4 Å². The van der Waals surface area contributed by atoms with Gasteiger partial charge in [0, 0.05) is 18.7 Å². The fourth-order valence-electron chi connectivity index (χ4n) is 2.16. The van der Waals surface area contributed by atoms with Crippen molar-refractivity contribution in [2.75, 3.05) is 13.1 Å². The zero-order valence-corrected chi connectivity index (χ0v) is 11.7. The lowest BCUT2D eigenvalue weighted by Crippen LogP contribution is -2.33. The number of carbonyl (C=O) groups excluding carboxylic acids is 1. The summed E-state index contributed by atoms with van der Waals surface area (Å²) in [5, 5.41) is 11.5. The Morgan fingerprint density at radius 3 is 2.55 bits per heavy atom. The van der Waals surface area contributed by atoms with Crippen molar-refractivity contribution >= 4 is 11.7 Å². The summed E-state index contributed by atoms with van der Waals surface area (Å²) in [5.41, 5.74) is 7.09. The fraction of sp³-hybridized carbons (Fsp3) is 0.467. The number of amides is 1. The lowest BCUT2D eigenvalue weighted by molar-refractivity contribution is -0.130. The number of hydrogen-bond acceptors (Lipinski definition) is 3. The maximum atomic E-state index is 12.2. The molecule has 0 spiro atoms. The molecule has 5 heteroatoms. The third-order valence-corrected chi connectivity index (χ3v) is 3.62. The van der Waals surface area contributed by atoms with Crippen LogP contribution < -0.4 is 5.73 Å². The van der Waals surface area contributed by atoms with Crippen molar-refractivity contribution in [1.29, 1.82) is 0 Å². The van der Waals surface area contributed by atoms with Gasteiger partial charge in [0.15, 0.2) is 5.84 Å². The highest BCUT2D eigenvalue weighted by molar-refractivity contribution is 5.97. The number of oxime groups is 1. The number of nitrogens with zero attached hydrogens (tertiary/aromatic N) is 2. The quantitative estimate of drug-likeness (QED) is 0.358. The highest BCUT2D eigenvalue weighted by atomic mass is 16.4. The van der Waals surface area contributed by atoms with Gasteiger partial charge in [-0.05, 0) is 31.2 Å². The maximum Gasteiger partial charge on any atom is 0.226 e. The second-order valence-corrected chi connectivity index (χ2v) is 5.23. The van der Waals surface area contributed by atoms with Gasteiger partial charge in [-0.15, -0.1) is 0 Å². The van der Waals surface area contributed by atoms with E-state index in [0.29, 0.717) is 17.9 Å². The van der Waals surface area contributed by atoms with Crippen LogP contribution in [0.3, 0.4) is 0 Å². The lowest BCUT2D eigenvalue weighted by Gasteiger charge is -2.20. The molecule has 3 N–H and O–H groups in total. The highest BCUT2D eigenvalue weighted by Crippen LogP contribution is 2.29. The molecule has 0 bridgehead atoms. The first kappa shape index (κ1) is 14.4. The first-order chi connectivity index (χ1) is 9.63. The number of carbonyl (C=O) groups is 1. The van der Waals surface area contributed by atoms with Crippen molar-refractivity contribution in [2.24, 2.45) is 16.8 Å². The van der Waals surface area contributed by atoms with E-state index >= 15 is 0 Å². The van der Waals surface area contributed by atoms with Crippen molar-refractivity contribution < 1.29 is 10.0 Å². The summed E-state index contributed by atoms with van der Waals surface area (Å²) in [5.74, 6) is 0.949. The Morgan fingerprint density at radius 2 is 2.05 bits per heavy atom. The van der Waals surface area contributed by atoms with Crippen LogP contribution in [-0.4, -0.2) is 34.9 Å². The molecule has 20 heavy (non-hydrogen) atoms. The van der Waals surface area contributed by atoms with Crippen molar-refractivity contribution in [3.8, 4) is 0 Å². The molecule has 0 radical (unpaired) electrons. The molecular weight excluding hydrogens is 254 g/mol. The van der Waals surface area contributed by atoms with E-state index in [2.05, 4.69) is 5.16 Å². The summed E-state index contributed by atoms with van der Waals surface area (Å²) < 4.78 is 0. The predicted octanol–water partition coefficient (Wildman–Crippen LogP) is 1.58. The van der Waals surface area contributed by atoms with Crippen LogP contribution in [0.2, 0.25) is 0 Å². The Balaban J connectivity index is 1.96. The van der Waals surface area contributed by atoms with Crippen molar-refractivity contribution in [3.05, 3.63) is 35.4 Å². The minimum absolute atomic E-state index is 0.0757. The number of rotatable bonds is 6. The molecule has 0 aliphatic heterocycles.